The van der Waals surface area contributed by atoms with Crippen molar-refractivity contribution in [1.82, 2.24) is 19.3 Å². The Hall–Kier alpha value is -7.30. The Morgan fingerprint density at radius 2 is 0.691 bits per heavy atom. The summed E-state index contributed by atoms with van der Waals surface area (Å²) in [5, 5.41) is 12.0. The van der Waals surface area contributed by atoms with Crippen molar-refractivity contribution in [2.45, 2.75) is 6.92 Å². The summed E-state index contributed by atoms with van der Waals surface area (Å²) < 4.78 is 4.52. The maximum atomic E-state index is 4.74. The first kappa shape index (κ1) is 32.4. The zero-order valence-electron chi connectivity index (χ0n) is 30.3. The molecule has 10 rings (SSSR count). The number of hydrogen-bond donors (Lipinski definition) is 0. The summed E-state index contributed by atoms with van der Waals surface area (Å²) in [5.41, 5.74) is 14.9. The molecule has 0 unspecified atom stereocenters. The molecule has 0 bridgehead atoms. The summed E-state index contributed by atoms with van der Waals surface area (Å²) in [6.45, 7) is 2.10. The topological polar surface area (TPSA) is 35.6 Å². The second-order valence-corrected chi connectivity index (χ2v) is 14.0. The van der Waals surface area contributed by atoms with Crippen molar-refractivity contribution >= 4 is 21.8 Å². The predicted octanol–water partition coefficient (Wildman–Crippen LogP) is 13.0. The van der Waals surface area contributed by atoms with Gasteiger partial charge in [0, 0.05) is 33.3 Å². The Kier molecular flexibility index (Phi) is 8.00. The molecule has 4 nitrogen and oxygen atoms in total. The fourth-order valence-electron chi connectivity index (χ4n) is 7.91. The molecule has 8 aromatic carbocycles. The van der Waals surface area contributed by atoms with E-state index in [0.717, 1.165) is 39.7 Å². The van der Waals surface area contributed by atoms with Crippen LogP contribution in [0.3, 0.4) is 0 Å². The molecule has 2 aromatic heterocycles. The average molecular weight is 705 g/mol. The van der Waals surface area contributed by atoms with Crippen LogP contribution < -0.4 is 0 Å². The molecule has 0 amide bonds. The Balaban J connectivity index is 1.02. The summed E-state index contributed by atoms with van der Waals surface area (Å²) in [7, 11) is 0. The summed E-state index contributed by atoms with van der Waals surface area (Å²) >= 11 is 0. The van der Waals surface area contributed by atoms with E-state index in [1.165, 1.54) is 55.2 Å². The lowest BCUT2D eigenvalue weighted by atomic mass is 9.89. The minimum absolute atomic E-state index is 0.803. The summed E-state index contributed by atoms with van der Waals surface area (Å²) in [6.07, 6.45) is 0. The first-order valence-corrected chi connectivity index (χ1v) is 18.7. The fourth-order valence-corrected chi connectivity index (χ4v) is 7.91. The van der Waals surface area contributed by atoms with Gasteiger partial charge in [0.25, 0.3) is 0 Å². The van der Waals surface area contributed by atoms with Gasteiger partial charge >= 0.3 is 0 Å². The highest BCUT2D eigenvalue weighted by molar-refractivity contribution is 6.09. The molecule has 0 aliphatic heterocycles. The van der Waals surface area contributed by atoms with Crippen LogP contribution >= 0.6 is 0 Å². The Bertz CT molecular complexity index is 2900. The number of benzene rings is 8. The van der Waals surface area contributed by atoms with Gasteiger partial charge in [-0.2, -0.15) is 0 Å². The van der Waals surface area contributed by atoms with E-state index in [1.54, 1.807) is 0 Å². The van der Waals surface area contributed by atoms with Gasteiger partial charge < -0.3 is 4.57 Å². The third-order valence-corrected chi connectivity index (χ3v) is 10.6. The molecule has 0 aliphatic rings. The standard InChI is InChI=1S/C51H36N4/c1-35-23-31-41(32-24-35)55-50(38-13-3-2-4-14-38)52-53-51(55)39-27-25-36(26-28-39)42-15-5-7-17-44(42)45-18-8-6-16-43(45)37-29-33-40(34-30-37)54-48-21-11-9-19-46(48)47-20-10-12-22-49(47)54/h2-34H,1H3. The van der Waals surface area contributed by atoms with Gasteiger partial charge in [0.15, 0.2) is 11.6 Å². The molecule has 2 heterocycles. The lowest BCUT2D eigenvalue weighted by Crippen LogP contribution is -2.00. The summed E-state index contributed by atoms with van der Waals surface area (Å²) in [4.78, 5) is 0. The minimum atomic E-state index is 0.803. The van der Waals surface area contributed by atoms with Crippen LogP contribution in [0.5, 0.6) is 0 Å². The summed E-state index contributed by atoms with van der Waals surface area (Å²) in [5.74, 6) is 1.62. The molecule has 4 heteroatoms. The van der Waals surface area contributed by atoms with E-state index in [9.17, 15) is 0 Å². The van der Waals surface area contributed by atoms with Crippen molar-refractivity contribution in [3.63, 3.8) is 0 Å². The van der Waals surface area contributed by atoms with Crippen molar-refractivity contribution in [1.29, 1.82) is 0 Å². The van der Waals surface area contributed by atoms with Crippen LogP contribution in [-0.4, -0.2) is 19.3 Å². The van der Waals surface area contributed by atoms with Crippen molar-refractivity contribution in [2.24, 2.45) is 0 Å². The molecule has 0 spiro atoms. The van der Waals surface area contributed by atoms with E-state index in [4.69, 9.17) is 10.2 Å². The third kappa shape index (κ3) is 5.72. The molecule has 0 radical (unpaired) electrons. The van der Waals surface area contributed by atoms with Crippen LogP contribution in [-0.2, 0) is 0 Å². The van der Waals surface area contributed by atoms with Crippen molar-refractivity contribution < 1.29 is 0 Å². The van der Waals surface area contributed by atoms with Crippen LogP contribution in [0, 0.1) is 6.92 Å². The number of para-hydroxylation sites is 2. The van der Waals surface area contributed by atoms with Crippen molar-refractivity contribution in [2.75, 3.05) is 0 Å². The lowest BCUT2D eigenvalue weighted by Gasteiger charge is -2.16. The second-order valence-electron chi connectivity index (χ2n) is 14.0. The maximum absolute atomic E-state index is 4.74. The molecule has 0 N–H and O–H groups in total. The largest absolute Gasteiger partial charge is 0.309 e. The van der Waals surface area contributed by atoms with Crippen LogP contribution in [0.15, 0.2) is 200 Å². The predicted molar refractivity (Wildman–Crippen MR) is 228 cm³/mol. The fraction of sp³-hybridized carbons (Fsp3) is 0.0196. The van der Waals surface area contributed by atoms with Gasteiger partial charge in [-0.1, -0.05) is 169 Å². The molecule has 10 aromatic rings. The van der Waals surface area contributed by atoms with E-state index < -0.39 is 0 Å². The average Bonchev–Trinajstić information content (AvgIpc) is 3.85. The highest BCUT2D eigenvalue weighted by atomic mass is 15.3. The Morgan fingerprint density at radius 1 is 0.309 bits per heavy atom. The molecule has 0 atom stereocenters. The number of aryl methyl sites for hydroxylation is 1. The number of aromatic nitrogens is 4. The Labute approximate surface area is 320 Å². The maximum Gasteiger partial charge on any atom is 0.168 e. The highest BCUT2D eigenvalue weighted by Crippen LogP contribution is 2.40. The third-order valence-electron chi connectivity index (χ3n) is 10.6. The number of fused-ring (bicyclic) bond motifs is 3. The molecule has 0 saturated carbocycles. The van der Waals surface area contributed by atoms with E-state index >= 15 is 0 Å². The number of nitrogens with zero attached hydrogens (tertiary/aromatic N) is 4. The molecule has 0 aliphatic carbocycles. The highest BCUT2D eigenvalue weighted by Gasteiger charge is 2.19. The minimum Gasteiger partial charge on any atom is -0.309 e. The molecule has 55 heavy (non-hydrogen) atoms. The van der Waals surface area contributed by atoms with E-state index in [1.807, 2.05) is 18.2 Å². The normalized spacial score (nSPS) is 11.4. The van der Waals surface area contributed by atoms with Gasteiger partial charge in [-0.25, -0.2) is 0 Å². The van der Waals surface area contributed by atoms with Crippen molar-refractivity contribution in [3.8, 4) is 67.5 Å². The SMILES string of the molecule is Cc1ccc(-n2c(-c3ccccc3)nnc2-c2ccc(-c3ccccc3-c3ccccc3-c3ccc(-n4c5ccccc5c5ccccc54)cc3)cc2)cc1. The number of hydrogen-bond acceptors (Lipinski definition) is 2. The van der Waals surface area contributed by atoms with Crippen LogP contribution in [0.25, 0.3) is 89.3 Å². The Morgan fingerprint density at radius 3 is 1.24 bits per heavy atom. The molecule has 0 saturated heterocycles. The monoisotopic (exact) mass is 704 g/mol. The first-order valence-electron chi connectivity index (χ1n) is 18.7. The van der Waals surface area contributed by atoms with Gasteiger partial charge in [-0.05, 0) is 76.7 Å². The second kappa shape index (κ2) is 13.6. The van der Waals surface area contributed by atoms with Gasteiger partial charge in [0.05, 0.1) is 11.0 Å². The first-order chi connectivity index (χ1) is 27.2. The zero-order chi connectivity index (χ0) is 36.7. The number of rotatable bonds is 7. The van der Waals surface area contributed by atoms with E-state index in [0.29, 0.717) is 0 Å². The van der Waals surface area contributed by atoms with Crippen molar-refractivity contribution in [3.05, 3.63) is 206 Å². The van der Waals surface area contributed by atoms with E-state index in [2.05, 4.69) is 198 Å². The molecule has 0 fully saturated rings. The van der Waals surface area contributed by atoms with Gasteiger partial charge in [-0.3, -0.25) is 4.57 Å². The zero-order valence-corrected chi connectivity index (χ0v) is 30.3. The smallest absolute Gasteiger partial charge is 0.168 e. The molecular formula is C51H36N4. The summed E-state index contributed by atoms with van der Waals surface area (Å²) in [6, 6.07) is 71.2. The van der Waals surface area contributed by atoms with Crippen LogP contribution in [0.1, 0.15) is 5.56 Å². The van der Waals surface area contributed by atoms with Gasteiger partial charge in [-0.15, -0.1) is 10.2 Å². The lowest BCUT2D eigenvalue weighted by molar-refractivity contribution is 1.07. The quantitative estimate of drug-likeness (QED) is 0.166. The van der Waals surface area contributed by atoms with E-state index in [-0.39, 0.29) is 0 Å². The van der Waals surface area contributed by atoms with Gasteiger partial charge in [0.1, 0.15) is 0 Å². The van der Waals surface area contributed by atoms with Gasteiger partial charge in [0.2, 0.25) is 0 Å². The molecule has 260 valence electrons. The molecular weight excluding hydrogens is 669 g/mol. The van der Waals surface area contributed by atoms with Crippen LogP contribution in [0.4, 0.5) is 0 Å². The van der Waals surface area contributed by atoms with Crippen LogP contribution in [0.2, 0.25) is 0 Å².